The summed E-state index contributed by atoms with van der Waals surface area (Å²) in [4.78, 5) is 12.4. The van der Waals surface area contributed by atoms with Crippen molar-refractivity contribution in [3.8, 4) is 5.75 Å². The predicted molar refractivity (Wildman–Crippen MR) is 98.5 cm³/mol. The van der Waals surface area contributed by atoms with E-state index >= 15 is 0 Å². The summed E-state index contributed by atoms with van der Waals surface area (Å²) in [5.41, 5.74) is 1.28. The van der Waals surface area contributed by atoms with Crippen molar-refractivity contribution in [3.63, 3.8) is 0 Å². The van der Waals surface area contributed by atoms with Gasteiger partial charge < -0.3 is 10.1 Å². The molecule has 0 radical (unpaired) electrons. The molecule has 0 saturated heterocycles. The molecule has 0 aliphatic rings. The number of carbonyl (C=O) groups excluding carboxylic acids is 1. The number of benzene rings is 2. The minimum absolute atomic E-state index is 0.0848. The van der Waals surface area contributed by atoms with E-state index in [1.165, 1.54) is 5.56 Å². The molecule has 3 nitrogen and oxygen atoms in total. The number of carbonyl (C=O) groups is 1. The van der Waals surface area contributed by atoms with Crippen molar-refractivity contribution in [2.45, 2.75) is 45.3 Å². The van der Waals surface area contributed by atoms with Crippen molar-refractivity contribution >= 4 is 17.5 Å². The number of aryl methyl sites for hydroxylation is 1. The second kappa shape index (κ2) is 9.33. The third-order valence-corrected chi connectivity index (χ3v) is 4.18. The summed E-state index contributed by atoms with van der Waals surface area (Å²) < 4.78 is 5.78. The highest BCUT2D eigenvalue weighted by atomic mass is 35.5. The van der Waals surface area contributed by atoms with Gasteiger partial charge in [0.1, 0.15) is 5.75 Å². The van der Waals surface area contributed by atoms with Crippen molar-refractivity contribution in [2.24, 2.45) is 0 Å². The van der Waals surface area contributed by atoms with Crippen LogP contribution in [-0.2, 0) is 11.2 Å². The molecule has 0 saturated carbocycles. The maximum atomic E-state index is 12.4. The van der Waals surface area contributed by atoms with Crippen molar-refractivity contribution in [2.75, 3.05) is 0 Å². The number of ether oxygens (including phenoxy) is 1. The Balaban J connectivity index is 1.85. The molecule has 0 unspecified atom stereocenters. The number of para-hydroxylation sites is 1. The number of nitrogens with one attached hydrogen (secondary N) is 1. The first-order chi connectivity index (χ1) is 11.6. The minimum atomic E-state index is -0.538. The third-order valence-electron chi connectivity index (χ3n) is 3.87. The van der Waals surface area contributed by atoms with Gasteiger partial charge in [-0.25, -0.2) is 0 Å². The molecule has 0 aliphatic heterocycles. The second-order valence-electron chi connectivity index (χ2n) is 5.88. The molecule has 4 heteroatoms. The zero-order chi connectivity index (χ0) is 17.4. The molecule has 2 atom stereocenters. The van der Waals surface area contributed by atoms with Crippen molar-refractivity contribution in [1.82, 2.24) is 5.32 Å². The fraction of sp³-hybridized carbons (Fsp3) is 0.350. The zero-order valence-electron chi connectivity index (χ0n) is 14.2. The van der Waals surface area contributed by atoms with Crippen molar-refractivity contribution < 1.29 is 9.53 Å². The van der Waals surface area contributed by atoms with Crippen LogP contribution in [0.3, 0.4) is 0 Å². The lowest BCUT2D eigenvalue weighted by Crippen LogP contribution is -2.42. The van der Waals surface area contributed by atoms with Crippen molar-refractivity contribution in [1.29, 1.82) is 0 Å². The van der Waals surface area contributed by atoms with Crippen LogP contribution in [0.25, 0.3) is 0 Å². The normalized spacial score (nSPS) is 13.1. The molecule has 0 heterocycles. The molecule has 0 aromatic heterocycles. The van der Waals surface area contributed by atoms with E-state index < -0.39 is 6.10 Å². The van der Waals surface area contributed by atoms with E-state index in [2.05, 4.69) is 17.4 Å². The van der Waals surface area contributed by atoms with E-state index in [9.17, 15) is 4.79 Å². The van der Waals surface area contributed by atoms with Crippen LogP contribution >= 0.6 is 11.6 Å². The second-order valence-corrected chi connectivity index (χ2v) is 6.29. The monoisotopic (exact) mass is 345 g/mol. The summed E-state index contributed by atoms with van der Waals surface area (Å²) in [5, 5.41) is 3.55. The molecule has 2 rings (SSSR count). The average Bonchev–Trinajstić information content (AvgIpc) is 2.60. The van der Waals surface area contributed by atoms with E-state index in [-0.39, 0.29) is 11.9 Å². The molecule has 1 amide bonds. The summed E-state index contributed by atoms with van der Waals surface area (Å²) in [6.07, 6.45) is 1.87. The Labute approximate surface area is 149 Å². The Kier molecular flexibility index (Phi) is 7.13. The molecule has 0 fully saturated rings. The first-order valence-electron chi connectivity index (χ1n) is 8.35. The number of halogens is 1. The standard InChI is InChI=1S/C20H24ClNO2/c1-3-18(24-19-12-8-7-11-17(19)21)20(23)22-15(2)13-14-16-9-5-4-6-10-16/h4-12,15,18H,3,13-14H2,1-2H3,(H,22,23)/t15-,18+/m1/s1. The smallest absolute Gasteiger partial charge is 0.261 e. The Hall–Kier alpha value is -2.00. The molecule has 0 aliphatic carbocycles. The van der Waals surface area contributed by atoms with E-state index in [1.807, 2.05) is 44.2 Å². The average molecular weight is 346 g/mol. The largest absolute Gasteiger partial charge is 0.479 e. The van der Waals surface area contributed by atoms with E-state index in [0.717, 1.165) is 12.8 Å². The van der Waals surface area contributed by atoms with Crippen LogP contribution in [0.4, 0.5) is 0 Å². The maximum Gasteiger partial charge on any atom is 0.261 e. The summed E-state index contributed by atoms with van der Waals surface area (Å²) in [7, 11) is 0. The topological polar surface area (TPSA) is 38.3 Å². The molecule has 0 spiro atoms. The summed E-state index contributed by atoms with van der Waals surface area (Å²) >= 11 is 6.10. The van der Waals surface area contributed by atoms with Crippen LogP contribution < -0.4 is 10.1 Å². The highest BCUT2D eigenvalue weighted by Crippen LogP contribution is 2.24. The number of amides is 1. The van der Waals surface area contributed by atoms with Gasteiger partial charge in [0.05, 0.1) is 5.02 Å². The zero-order valence-corrected chi connectivity index (χ0v) is 14.9. The van der Waals surface area contributed by atoms with Gasteiger partial charge in [-0.1, -0.05) is 61.0 Å². The van der Waals surface area contributed by atoms with Gasteiger partial charge >= 0.3 is 0 Å². The van der Waals surface area contributed by atoms with Gasteiger partial charge in [0.15, 0.2) is 6.10 Å². The van der Waals surface area contributed by atoms with Crippen molar-refractivity contribution in [3.05, 3.63) is 65.2 Å². The molecule has 24 heavy (non-hydrogen) atoms. The van der Waals surface area contributed by atoms with Crippen LogP contribution in [0.15, 0.2) is 54.6 Å². The Morgan fingerprint density at radius 3 is 2.46 bits per heavy atom. The summed E-state index contributed by atoms with van der Waals surface area (Å²) in [6.45, 7) is 3.94. The first-order valence-corrected chi connectivity index (χ1v) is 8.73. The highest BCUT2D eigenvalue weighted by molar-refractivity contribution is 6.32. The van der Waals surface area contributed by atoms with E-state index in [4.69, 9.17) is 16.3 Å². The van der Waals surface area contributed by atoms with Gasteiger partial charge in [0, 0.05) is 6.04 Å². The number of rotatable bonds is 8. The predicted octanol–water partition coefficient (Wildman–Crippen LogP) is 4.63. The maximum absolute atomic E-state index is 12.4. The minimum Gasteiger partial charge on any atom is -0.479 e. The molecule has 0 bridgehead atoms. The van der Waals surface area contributed by atoms with Gasteiger partial charge in [-0.15, -0.1) is 0 Å². The SMILES string of the molecule is CC[C@H](Oc1ccccc1Cl)C(=O)N[C@H](C)CCc1ccccc1. The molecule has 2 aromatic carbocycles. The lowest BCUT2D eigenvalue weighted by molar-refractivity contribution is -0.128. The van der Waals surface area contributed by atoms with Gasteiger partial charge in [-0.2, -0.15) is 0 Å². The fourth-order valence-corrected chi connectivity index (χ4v) is 2.63. The van der Waals surface area contributed by atoms with E-state index in [0.29, 0.717) is 17.2 Å². The van der Waals surface area contributed by atoms with Gasteiger partial charge in [0.2, 0.25) is 0 Å². The Morgan fingerprint density at radius 2 is 1.79 bits per heavy atom. The lowest BCUT2D eigenvalue weighted by Gasteiger charge is -2.21. The molecule has 128 valence electrons. The number of hydrogen-bond acceptors (Lipinski definition) is 2. The number of hydrogen-bond donors (Lipinski definition) is 1. The molecular formula is C20H24ClNO2. The fourth-order valence-electron chi connectivity index (χ4n) is 2.45. The lowest BCUT2D eigenvalue weighted by atomic mass is 10.1. The molecule has 2 aromatic rings. The Morgan fingerprint density at radius 1 is 1.12 bits per heavy atom. The van der Waals surface area contributed by atoms with Crippen LogP contribution in [0.1, 0.15) is 32.3 Å². The highest BCUT2D eigenvalue weighted by Gasteiger charge is 2.20. The van der Waals surface area contributed by atoms with Crippen LogP contribution in [0.2, 0.25) is 5.02 Å². The molecule has 1 N–H and O–H groups in total. The summed E-state index contributed by atoms with van der Waals surface area (Å²) in [5.74, 6) is 0.441. The van der Waals surface area contributed by atoms with Gasteiger partial charge in [0.25, 0.3) is 5.91 Å². The van der Waals surface area contributed by atoms with Gasteiger partial charge in [-0.05, 0) is 43.9 Å². The van der Waals surface area contributed by atoms with E-state index in [1.54, 1.807) is 12.1 Å². The van der Waals surface area contributed by atoms with Crippen LogP contribution in [0.5, 0.6) is 5.75 Å². The van der Waals surface area contributed by atoms with Gasteiger partial charge in [-0.3, -0.25) is 4.79 Å². The summed E-state index contributed by atoms with van der Waals surface area (Å²) in [6, 6.07) is 17.6. The Bertz CT molecular complexity index is 645. The van der Waals surface area contributed by atoms with Crippen LogP contribution in [0, 0.1) is 0 Å². The third kappa shape index (κ3) is 5.57. The molecular weight excluding hydrogens is 322 g/mol. The van der Waals surface area contributed by atoms with Crippen LogP contribution in [-0.4, -0.2) is 18.1 Å². The first kappa shape index (κ1) is 18.3. The quantitative estimate of drug-likeness (QED) is 0.757.